The summed E-state index contributed by atoms with van der Waals surface area (Å²) in [4.78, 5) is 2.41. The van der Waals surface area contributed by atoms with Gasteiger partial charge in [0.2, 0.25) is 0 Å². The lowest BCUT2D eigenvalue weighted by Gasteiger charge is -2.35. The van der Waals surface area contributed by atoms with Crippen LogP contribution in [0.3, 0.4) is 0 Å². The van der Waals surface area contributed by atoms with Gasteiger partial charge in [-0.1, -0.05) is 13.8 Å². The van der Waals surface area contributed by atoms with Crippen LogP contribution < -0.4 is 5.73 Å². The molecule has 1 saturated heterocycles. The lowest BCUT2D eigenvalue weighted by molar-refractivity contribution is -0.0387. The molecule has 2 atom stereocenters. The average molecular weight is 280 g/mol. The molecule has 1 aromatic heterocycles. The molecule has 5 nitrogen and oxygen atoms in total. The summed E-state index contributed by atoms with van der Waals surface area (Å²) in [6.45, 7) is 11.2. The predicted octanol–water partition coefficient (Wildman–Crippen LogP) is 1.06. The number of ether oxygens (including phenoxy) is 1. The van der Waals surface area contributed by atoms with E-state index in [1.807, 2.05) is 0 Å². The Hall–Kier alpha value is -0.910. The number of hydrogen-bond donors (Lipinski definition) is 1. The zero-order valence-corrected chi connectivity index (χ0v) is 13.0. The monoisotopic (exact) mass is 280 g/mol. The van der Waals surface area contributed by atoms with Crippen LogP contribution in [-0.4, -0.2) is 53.1 Å². The van der Waals surface area contributed by atoms with Gasteiger partial charge in [-0.05, 0) is 26.0 Å². The van der Waals surface area contributed by atoms with E-state index in [0.29, 0.717) is 0 Å². The van der Waals surface area contributed by atoms with E-state index in [1.54, 1.807) is 0 Å². The molecule has 1 aliphatic heterocycles. The Labute approximate surface area is 122 Å². The summed E-state index contributed by atoms with van der Waals surface area (Å²) in [5.74, 6) is 0. The largest absolute Gasteiger partial charge is 0.374 e. The van der Waals surface area contributed by atoms with Crippen molar-refractivity contribution in [2.24, 2.45) is 5.73 Å². The van der Waals surface area contributed by atoms with Crippen molar-refractivity contribution in [2.75, 3.05) is 26.2 Å². The lowest BCUT2D eigenvalue weighted by atomic mass is 10.0. The maximum Gasteiger partial charge on any atom is 0.0856 e. The molecular formula is C15H28N4O. The van der Waals surface area contributed by atoms with Crippen LogP contribution >= 0.6 is 0 Å². The molecule has 1 aliphatic rings. The zero-order valence-electron chi connectivity index (χ0n) is 13.0. The molecule has 0 bridgehead atoms. The summed E-state index contributed by atoms with van der Waals surface area (Å²) in [6, 6.07) is 2.22. The van der Waals surface area contributed by atoms with Crippen molar-refractivity contribution in [1.82, 2.24) is 14.7 Å². The van der Waals surface area contributed by atoms with E-state index in [2.05, 4.69) is 41.5 Å². The van der Waals surface area contributed by atoms with E-state index in [1.165, 1.54) is 5.69 Å². The second-order valence-corrected chi connectivity index (χ2v) is 5.47. The summed E-state index contributed by atoms with van der Waals surface area (Å²) >= 11 is 0. The first-order valence-electron chi connectivity index (χ1n) is 7.83. The first-order chi connectivity index (χ1) is 9.67. The van der Waals surface area contributed by atoms with Crippen molar-refractivity contribution in [3.63, 3.8) is 0 Å². The first-order valence-corrected chi connectivity index (χ1v) is 7.83. The fraction of sp³-hybridized carbons (Fsp3) is 0.800. The van der Waals surface area contributed by atoms with Crippen LogP contribution in [-0.2, 0) is 24.1 Å². The van der Waals surface area contributed by atoms with E-state index < -0.39 is 0 Å². The molecule has 1 aromatic rings. The van der Waals surface area contributed by atoms with Crippen molar-refractivity contribution >= 4 is 0 Å². The number of likely N-dealkylation sites (N-methyl/N-ethyl adjacent to an activating group) is 1. The Morgan fingerprint density at radius 1 is 1.40 bits per heavy atom. The van der Waals surface area contributed by atoms with Gasteiger partial charge in [-0.2, -0.15) is 5.10 Å². The first kappa shape index (κ1) is 15.5. The van der Waals surface area contributed by atoms with Gasteiger partial charge in [-0.15, -0.1) is 0 Å². The van der Waals surface area contributed by atoms with Crippen LogP contribution in [0.1, 0.15) is 32.2 Å². The molecule has 2 unspecified atom stereocenters. The van der Waals surface area contributed by atoms with Gasteiger partial charge in [0.05, 0.1) is 18.4 Å². The molecular weight excluding hydrogens is 252 g/mol. The Kier molecular flexibility index (Phi) is 5.57. The normalized spacial score (nSPS) is 22.1. The van der Waals surface area contributed by atoms with Crippen molar-refractivity contribution < 1.29 is 4.74 Å². The van der Waals surface area contributed by atoms with Crippen LogP contribution in [0, 0.1) is 0 Å². The molecule has 5 heteroatoms. The molecule has 0 aromatic carbocycles. The maximum absolute atomic E-state index is 6.38. The quantitative estimate of drug-likeness (QED) is 0.846. The molecule has 2 heterocycles. The fourth-order valence-electron chi connectivity index (χ4n) is 2.78. The van der Waals surface area contributed by atoms with Crippen LogP contribution in [0.25, 0.3) is 0 Å². The highest BCUT2D eigenvalue weighted by Crippen LogP contribution is 2.13. The van der Waals surface area contributed by atoms with Gasteiger partial charge in [0.25, 0.3) is 0 Å². The number of aryl methyl sites for hydroxylation is 2. The SMILES string of the molecule is CCc1cc(CC(N)C2CN(CC)CCO2)n(CC)n1. The maximum atomic E-state index is 6.38. The third-order valence-electron chi connectivity index (χ3n) is 4.12. The standard InChI is InChI=1S/C15H28N4O/c1-4-12-9-13(19(6-3)17-12)10-14(16)15-11-18(5-2)7-8-20-15/h9,14-15H,4-8,10-11,16H2,1-3H3. The van der Waals surface area contributed by atoms with Crippen LogP contribution in [0.15, 0.2) is 6.07 Å². The van der Waals surface area contributed by atoms with E-state index in [9.17, 15) is 0 Å². The molecule has 0 spiro atoms. The number of rotatable bonds is 6. The third-order valence-corrected chi connectivity index (χ3v) is 4.12. The Bertz CT molecular complexity index is 418. The second kappa shape index (κ2) is 7.20. The molecule has 1 fully saturated rings. The molecule has 2 rings (SSSR count). The van der Waals surface area contributed by atoms with E-state index >= 15 is 0 Å². The highest BCUT2D eigenvalue weighted by molar-refractivity contribution is 5.12. The van der Waals surface area contributed by atoms with E-state index in [4.69, 9.17) is 10.5 Å². The van der Waals surface area contributed by atoms with Gasteiger partial charge in [-0.3, -0.25) is 9.58 Å². The molecule has 0 amide bonds. The Morgan fingerprint density at radius 3 is 2.85 bits per heavy atom. The van der Waals surface area contributed by atoms with Crippen LogP contribution in [0.4, 0.5) is 0 Å². The van der Waals surface area contributed by atoms with E-state index in [0.717, 1.165) is 51.3 Å². The van der Waals surface area contributed by atoms with Crippen molar-refractivity contribution in [2.45, 2.75) is 52.3 Å². The van der Waals surface area contributed by atoms with Gasteiger partial charge in [0, 0.05) is 37.8 Å². The van der Waals surface area contributed by atoms with E-state index in [-0.39, 0.29) is 12.1 Å². The Balaban J connectivity index is 1.99. The molecule has 0 saturated carbocycles. The fourth-order valence-corrected chi connectivity index (χ4v) is 2.78. The predicted molar refractivity (Wildman–Crippen MR) is 80.8 cm³/mol. The second-order valence-electron chi connectivity index (χ2n) is 5.47. The van der Waals surface area contributed by atoms with Gasteiger partial charge in [0.1, 0.15) is 0 Å². The number of hydrogen-bond acceptors (Lipinski definition) is 4. The zero-order chi connectivity index (χ0) is 14.5. The molecule has 0 aliphatic carbocycles. The summed E-state index contributed by atoms with van der Waals surface area (Å²) < 4.78 is 7.92. The molecule has 114 valence electrons. The molecule has 20 heavy (non-hydrogen) atoms. The average Bonchev–Trinajstić information content (AvgIpc) is 2.89. The minimum absolute atomic E-state index is 0.0380. The number of aromatic nitrogens is 2. The molecule has 0 radical (unpaired) electrons. The van der Waals surface area contributed by atoms with Gasteiger partial charge in [-0.25, -0.2) is 0 Å². The van der Waals surface area contributed by atoms with Crippen LogP contribution in [0.5, 0.6) is 0 Å². The van der Waals surface area contributed by atoms with Gasteiger partial charge < -0.3 is 10.5 Å². The summed E-state index contributed by atoms with van der Waals surface area (Å²) in [5, 5.41) is 4.59. The topological polar surface area (TPSA) is 56.3 Å². The minimum Gasteiger partial charge on any atom is -0.374 e. The van der Waals surface area contributed by atoms with Crippen LogP contribution in [0.2, 0.25) is 0 Å². The summed E-state index contributed by atoms with van der Waals surface area (Å²) in [7, 11) is 0. The van der Waals surface area contributed by atoms with Gasteiger partial charge >= 0.3 is 0 Å². The third kappa shape index (κ3) is 3.59. The molecule has 2 N–H and O–H groups in total. The summed E-state index contributed by atoms with van der Waals surface area (Å²) in [6.07, 6.45) is 1.94. The summed E-state index contributed by atoms with van der Waals surface area (Å²) in [5.41, 5.74) is 8.76. The minimum atomic E-state index is 0.0380. The number of morpholine rings is 1. The van der Waals surface area contributed by atoms with Crippen molar-refractivity contribution in [1.29, 1.82) is 0 Å². The number of nitrogens with two attached hydrogens (primary N) is 1. The lowest BCUT2D eigenvalue weighted by Crippen LogP contribution is -2.51. The van der Waals surface area contributed by atoms with Gasteiger partial charge in [0.15, 0.2) is 0 Å². The number of nitrogens with zero attached hydrogens (tertiary/aromatic N) is 3. The smallest absolute Gasteiger partial charge is 0.0856 e. The van der Waals surface area contributed by atoms with Crippen molar-refractivity contribution in [3.8, 4) is 0 Å². The van der Waals surface area contributed by atoms with Crippen molar-refractivity contribution in [3.05, 3.63) is 17.5 Å². The highest BCUT2D eigenvalue weighted by atomic mass is 16.5. The highest BCUT2D eigenvalue weighted by Gasteiger charge is 2.26. The Morgan fingerprint density at radius 2 is 2.20 bits per heavy atom.